The van der Waals surface area contributed by atoms with Crippen molar-refractivity contribution >= 4 is 39.5 Å². The molecule has 0 radical (unpaired) electrons. The number of carbonyl (C=O) groups excluding carboxylic acids is 1. The number of pyridine rings is 1. The minimum atomic E-state index is -0.0134. The molecule has 0 saturated heterocycles. The van der Waals surface area contributed by atoms with Gasteiger partial charge < -0.3 is 9.88 Å². The highest BCUT2D eigenvalue weighted by atomic mass is 127. The van der Waals surface area contributed by atoms with Crippen LogP contribution < -0.4 is 5.32 Å². The smallest absolute Gasteiger partial charge is 0.252 e. The van der Waals surface area contributed by atoms with E-state index in [1.54, 1.807) is 6.20 Å². The third kappa shape index (κ3) is 3.30. The Morgan fingerprint density at radius 1 is 1.18 bits per heavy atom. The summed E-state index contributed by atoms with van der Waals surface area (Å²) in [6, 6.07) is 13.7. The fourth-order valence-electron chi connectivity index (χ4n) is 2.39. The Morgan fingerprint density at radius 3 is 2.91 bits per heavy atom. The van der Waals surface area contributed by atoms with E-state index in [1.807, 2.05) is 36.5 Å². The van der Waals surface area contributed by atoms with Crippen LogP contribution in [0.5, 0.6) is 0 Å². The molecule has 0 fully saturated rings. The Hall–Kier alpha value is -1.89. The van der Waals surface area contributed by atoms with E-state index in [-0.39, 0.29) is 5.91 Å². The van der Waals surface area contributed by atoms with Gasteiger partial charge in [-0.15, -0.1) is 0 Å². The van der Waals surface area contributed by atoms with E-state index in [1.165, 1.54) is 0 Å². The van der Waals surface area contributed by atoms with Gasteiger partial charge in [0.1, 0.15) is 5.65 Å². The van der Waals surface area contributed by atoms with Gasteiger partial charge in [-0.2, -0.15) is 0 Å². The SMILES string of the molecule is O=C(NCCCn1ccc2cccnc21)c1ccccc1I. The standard InChI is InChI=1S/C17H16IN3O/c18-15-7-2-1-6-14(15)17(22)20-10-4-11-21-12-8-13-5-3-9-19-16(13)21/h1-3,5-9,12H,4,10-11H2,(H,20,22). The number of halogens is 1. The van der Waals surface area contributed by atoms with Gasteiger partial charge in [0, 0.05) is 34.4 Å². The lowest BCUT2D eigenvalue weighted by atomic mass is 10.2. The average molecular weight is 405 g/mol. The van der Waals surface area contributed by atoms with Gasteiger partial charge in [-0.05, 0) is 59.3 Å². The predicted octanol–water partition coefficient (Wildman–Crippen LogP) is 3.46. The summed E-state index contributed by atoms with van der Waals surface area (Å²) < 4.78 is 3.09. The highest BCUT2D eigenvalue weighted by Crippen LogP contribution is 2.13. The van der Waals surface area contributed by atoms with Gasteiger partial charge in [-0.1, -0.05) is 12.1 Å². The van der Waals surface area contributed by atoms with E-state index >= 15 is 0 Å². The molecular weight excluding hydrogens is 389 g/mol. The predicted molar refractivity (Wildman–Crippen MR) is 95.8 cm³/mol. The first-order chi connectivity index (χ1) is 10.8. The van der Waals surface area contributed by atoms with Crippen LogP contribution in [0.15, 0.2) is 54.9 Å². The molecule has 4 nitrogen and oxygen atoms in total. The van der Waals surface area contributed by atoms with Crippen molar-refractivity contribution in [3.8, 4) is 0 Å². The molecule has 2 heterocycles. The maximum atomic E-state index is 12.1. The number of benzene rings is 1. The van der Waals surface area contributed by atoms with Crippen molar-refractivity contribution in [3.63, 3.8) is 0 Å². The van der Waals surface area contributed by atoms with Crippen molar-refractivity contribution in [1.82, 2.24) is 14.9 Å². The number of nitrogens with one attached hydrogen (secondary N) is 1. The largest absolute Gasteiger partial charge is 0.352 e. The van der Waals surface area contributed by atoms with Crippen LogP contribution in [0.25, 0.3) is 11.0 Å². The maximum absolute atomic E-state index is 12.1. The summed E-state index contributed by atoms with van der Waals surface area (Å²) in [6.45, 7) is 1.49. The number of carbonyl (C=O) groups is 1. The normalized spacial score (nSPS) is 10.8. The van der Waals surface area contributed by atoms with Gasteiger partial charge in [0.2, 0.25) is 0 Å². The average Bonchev–Trinajstić information content (AvgIpc) is 2.95. The number of aryl methyl sites for hydroxylation is 1. The molecule has 0 aliphatic carbocycles. The molecular formula is C17H16IN3O. The van der Waals surface area contributed by atoms with Gasteiger partial charge in [0.05, 0.1) is 5.56 Å². The third-order valence-electron chi connectivity index (χ3n) is 3.50. The zero-order valence-electron chi connectivity index (χ0n) is 12.0. The zero-order chi connectivity index (χ0) is 15.4. The van der Waals surface area contributed by atoms with Crippen molar-refractivity contribution in [1.29, 1.82) is 0 Å². The van der Waals surface area contributed by atoms with Crippen molar-refractivity contribution in [2.75, 3.05) is 6.54 Å². The summed E-state index contributed by atoms with van der Waals surface area (Å²) >= 11 is 2.18. The summed E-state index contributed by atoms with van der Waals surface area (Å²) in [5, 5.41) is 4.12. The third-order valence-corrected chi connectivity index (χ3v) is 4.44. The van der Waals surface area contributed by atoms with Crippen LogP contribution in [-0.4, -0.2) is 22.0 Å². The van der Waals surface area contributed by atoms with E-state index in [9.17, 15) is 4.79 Å². The van der Waals surface area contributed by atoms with Crippen LogP contribution in [0.2, 0.25) is 0 Å². The number of amides is 1. The second-order valence-corrected chi connectivity index (χ2v) is 6.18. The Bertz CT molecular complexity index is 797. The molecule has 5 heteroatoms. The van der Waals surface area contributed by atoms with E-state index in [0.717, 1.165) is 33.1 Å². The van der Waals surface area contributed by atoms with Crippen LogP contribution in [0.1, 0.15) is 16.8 Å². The molecule has 1 aromatic carbocycles. The van der Waals surface area contributed by atoms with Crippen molar-refractivity contribution in [3.05, 3.63) is 64.0 Å². The van der Waals surface area contributed by atoms with E-state index in [2.05, 4.69) is 49.6 Å². The second kappa shape index (κ2) is 6.91. The number of hydrogen-bond acceptors (Lipinski definition) is 2. The zero-order valence-corrected chi connectivity index (χ0v) is 14.2. The first kappa shape index (κ1) is 15.0. The second-order valence-electron chi connectivity index (χ2n) is 5.01. The van der Waals surface area contributed by atoms with Gasteiger partial charge in [0.25, 0.3) is 5.91 Å². The molecule has 0 aliphatic heterocycles. The molecule has 0 bridgehead atoms. The lowest BCUT2D eigenvalue weighted by Crippen LogP contribution is -2.25. The number of fused-ring (bicyclic) bond motifs is 1. The molecule has 3 aromatic rings. The topological polar surface area (TPSA) is 46.9 Å². The molecule has 1 N–H and O–H groups in total. The van der Waals surface area contributed by atoms with Crippen LogP contribution in [0.3, 0.4) is 0 Å². The lowest BCUT2D eigenvalue weighted by molar-refractivity contribution is 0.0952. The maximum Gasteiger partial charge on any atom is 0.252 e. The molecule has 0 spiro atoms. The van der Waals surface area contributed by atoms with E-state index < -0.39 is 0 Å². The fourth-order valence-corrected chi connectivity index (χ4v) is 3.03. The fraction of sp³-hybridized carbons (Fsp3) is 0.176. The molecule has 22 heavy (non-hydrogen) atoms. The van der Waals surface area contributed by atoms with Crippen molar-refractivity contribution < 1.29 is 4.79 Å². The minimum absolute atomic E-state index is 0.0134. The summed E-state index contributed by atoms with van der Waals surface area (Å²) in [5.41, 5.74) is 1.72. The Labute approximate surface area is 142 Å². The molecule has 0 atom stereocenters. The quantitative estimate of drug-likeness (QED) is 0.522. The Balaban J connectivity index is 1.54. The summed E-state index contributed by atoms with van der Waals surface area (Å²) in [4.78, 5) is 16.5. The minimum Gasteiger partial charge on any atom is -0.352 e. The highest BCUT2D eigenvalue weighted by Gasteiger charge is 2.08. The molecule has 0 saturated carbocycles. The van der Waals surface area contributed by atoms with Crippen molar-refractivity contribution in [2.45, 2.75) is 13.0 Å². The summed E-state index contributed by atoms with van der Waals surface area (Å²) in [7, 11) is 0. The van der Waals surface area contributed by atoms with Crippen LogP contribution in [0.4, 0.5) is 0 Å². The number of rotatable bonds is 5. The van der Waals surface area contributed by atoms with Crippen LogP contribution in [0, 0.1) is 3.57 Å². The number of aromatic nitrogens is 2. The number of nitrogens with zero attached hydrogens (tertiary/aromatic N) is 2. The first-order valence-electron chi connectivity index (χ1n) is 7.18. The summed E-state index contributed by atoms with van der Waals surface area (Å²) in [5.74, 6) is -0.0134. The number of hydrogen-bond donors (Lipinski definition) is 1. The van der Waals surface area contributed by atoms with Gasteiger partial charge >= 0.3 is 0 Å². The molecule has 2 aromatic heterocycles. The molecule has 1 amide bonds. The molecule has 0 unspecified atom stereocenters. The highest BCUT2D eigenvalue weighted by molar-refractivity contribution is 14.1. The molecule has 0 aliphatic rings. The monoisotopic (exact) mass is 405 g/mol. The van der Waals surface area contributed by atoms with E-state index in [0.29, 0.717) is 6.54 Å². The van der Waals surface area contributed by atoms with Crippen molar-refractivity contribution in [2.24, 2.45) is 0 Å². The van der Waals surface area contributed by atoms with Crippen LogP contribution in [-0.2, 0) is 6.54 Å². The lowest BCUT2D eigenvalue weighted by Gasteiger charge is -2.08. The molecule has 3 rings (SSSR count). The summed E-state index contributed by atoms with van der Waals surface area (Å²) in [6.07, 6.45) is 4.72. The van der Waals surface area contributed by atoms with Gasteiger partial charge in [0.15, 0.2) is 0 Å². The van der Waals surface area contributed by atoms with Gasteiger partial charge in [-0.3, -0.25) is 4.79 Å². The van der Waals surface area contributed by atoms with E-state index in [4.69, 9.17) is 0 Å². The first-order valence-corrected chi connectivity index (χ1v) is 8.26. The van der Waals surface area contributed by atoms with Crippen LogP contribution >= 0.6 is 22.6 Å². The molecule has 112 valence electrons. The Morgan fingerprint density at radius 2 is 2.05 bits per heavy atom. The Kier molecular flexibility index (Phi) is 4.72. The van der Waals surface area contributed by atoms with Gasteiger partial charge in [-0.25, -0.2) is 4.98 Å².